The van der Waals surface area contributed by atoms with E-state index in [1.54, 1.807) is 31.2 Å². The summed E-state index contributed by atoms with van der Waals surface area (Å²) < 4.78 is 5.07. The summed E-state index contributed by atoms with van der Waals surface area (Å²) in [4.78, 5) is 22.5. The van der Waals surface area contributed by atoms with Gasteiger partial charge in [0.25, 0.3) is 0 Å². The molecule has 102 valence electrons. The van der Waals surface area contributed by atoms with E-state index in [1.165, 1.54) is 24.5 Å². The minimum Gasteiger partial charge on any atom is -0.478 e. The standard InChI is InChI=1S/C15H13NO4/c1-10-9-11(15(18)19)4-6-13(10)16-14(17)7-5-12-3-2-8-20-12/h2-9H,1H3,(H,16,17)(H,18,19)/b7-5+. The van der Waals surface area contributed by atoms with Gasteiger partial charge in [-0.05, 0) is 48.9 Å². The molecule has 1 aromatic carbocycles. The van der Waals surface area contributed by atoms with Crippen LogP contribution in [0.1, 0.15) is 21.7 Å². The van der Waals surface area contributed by atoms with Crippen molar-refractivity contribution in [3.63, 3.8) is 0 Å². The zero-order valence-electron chi connectivity index (χ0n) is 10.8. The Balaban J connectivity index is 2.06. The number of carbonyl (C=O) groups is 2. The lowest BCUT2D eigenvalue weighted by molar-refractivity contribution is -0.111. The van der Waals surface area contributed by atoms with E-state index in [4.69, 9.17) is 9.52 Å². The van der Waals surface area contributed by atoms with Crippen molar-refractivity contribution in [1.82, 2.24) is 0 Å². The molecule has 2 N–H and O–H groups in total. The summed E-state index contributed by atoms with van der Waals surface area (Å²) in [6.07, 6.45) is 4.42. The minimum absolute atomic E-state index is 0.187. The molecule has 1 amide bonds. The molecule has 0 aliphatic heterocycles. The van der Waals surface area contributed by atoms with Gasteiger partial charge in [-0.25, -0.2) is 4.79 Å². The van der Waals surface area contributed by atoms with Crippen LogP contribution in [-0.2, 0) is 4.79 Å². The maximum Gasteiger partial charge on any atom is 0.335 e. The average Bonchev–Trinajstić information content (AvgIpc) is 2.91. The fourth-order valence-electron chi connectivity index (χ4n) is 1.66. The zero-order chi connectivity index (χ0) is 14.5. The first kappa shape index (κ1) is 13.6. The van der Waals surface area contributed by atoms with E-state index in [9.17, 15) is 9.59 Å². The third-order valence-electron chi connectivity index (χ3n) is 2.67. The van der Waals surface area contributed by atoms with Gasteiger partial charge in [-0.1, -0.05) is 0 Å². The highest BCUT2D eigenvalue weighted by Gasteiger charge is 2.07. The highest BCUT2D eigenvalue weighted by molar-refractivity contribution is 6.02. The number of amides is 1. The van der Waals surface area contributed by atoms with E-state index in [2.05, 4.69) is 5.32 Å². The monoisotopic (exact) mass is 271 g/mol. The van der Waals surface area contributed by atoms with Crippen molar-refractivity contribution < 1.29 is 19.1 Å². The number of aromatic carboxylic acids is 1. The minimum atomic E-state index is -0.997. The van der Waals surface area contributed by atoms with Gasteiger partial charge in [0.15, 0.2) is 0 Å². The lowest BCUT2D eigenvalue weighted by Gasteiger charge is -2.07. The van der Waals surface area contributed by atoms with Crippen LogP contribution < -0.4 is 5.32 Å². The third kappa shape index (κ3) is 3.35. The number of furan rings is 1. The molecule has 0 aliphatic carbocycles. The first-order valence-corrected chi connectivity index (χ1v) is 5.93. The van der Waals surface area contributed by atoms with Crippen LogP contribution in [0.15, 0.2) is 47.1 Å². The average molecular weight is 271 g/mol. The summed E-state index contributed by atoms with van der Waals surface area (Å²) in [5, 5.41) is 11.5. The number of benzene rings is 1. The summed E-state index contributed by atoms with van der Waals surface area (Å²) in [7, 11) is 0. The molecule has 5 heteroatoms. The molecule has 20 heavy (non-hydrogen) atoms. The number of carboxylic acids is 1. The van der Waals surface area contributed by atoms with Gasteiger partial charge < -0.3 is 14.8 Å². The first-order chi connectivity index (χ1) is 9.56. The number of hydrogen-bond donors (Lipinski definition) is 2. The van der Waals surface area contributed by atoms with Gasteiger partial charge in [-0.3, -0.25) is 4.79 Å². The van der Waals surface area contributed by atoms with E-state index in [0.717, 1.165) is 0 Å². The lowest BCUT2D eigenvalue weighted by Crippen LogP contribution is -2.09. The van der Waals surface area contributed by atoms with Gasteiger partial charge in [0.1, 0.15) is 5.76 Å². The number of carboxylic acid groups (broad SMARTS) is 1. The molecular weight excluding hydrogens is 258 g/mol. The number of anilines is 1. The van der Waals surface area contributed by atoms with Crippen LogP contribution in [0.2, 0.25) is 0 Å². The lowest BCUT2D eigenvalue weighted by atomic mass is 10.1. The fraction of sp³-hybridized carbons (Fsp3) is 0.0667. The maximum atomic E-state index is 11.7. The van der Waals surface area contributed by atoms with Crippen LogP contribution in [0.3, 0.4) is 0 Å². The van der Waals surface area contributed by atoms with E-state index in [-0.39, 0.29) is 11.5 Å². The normalized spacial score (nSPS) is 10.7. The van der Waals surface area contributed by atoms with Crippen molar-refractivity contribution in [3.8, 4) is 0 Å². The summed E-state index contributed by atoms with van der Waals surface area (Å²) in [6, 6.07) is 7.98. The molecule has 1 aromatic heterocycles. The quantitative estimate of drug-likeness (QED) is 0.838. The van der Waals surface area contributed by atoms with E-state index in [1.807, 2.05) is 0 Å². The molecule has 2 rings (SSSR count). The van der Waals surface area contributed by atoms with Crippen molar-refractivity contribution in [2.45, 2.75) is 6.92 Å². The fourth-order valence-corrected chi connectivity index (χ4v) is 1.66. The summed E-state index contributed by atoms with van der Waals surface area (Å²) in [5.74, 6) is -0.727. The molecule has 0 fully saturated rings. The van der Waals surface area contributed by atoms with Crippen LogP contribution in [-0.4, -0.2) is 17.0 Å². The Kier molecular flexibility index (Phi) is 4.00. The summed E-state index contributed by atoms with van der Waals surface area (Å²) >= 11 is 0. The van der Waals surface area contributed by atoms with Crippen molar-refractivity contribution in [2.75, 3.05) is 5.32 Å². The van der Waals surface area contributed by atoms with Gasteiger partial charge in [0.2, 0.25) is 5.91 Å². The molecule has 1 heterocycles. The second-order valence-corrected chi connectivity index (χ2v) is 4.17. The number of carbonyl (C=O) groups excluding carboxylic acids is 1. The smallest absolute Gasteiger partial charge is 0.335 e. The Morgan fingerprint density at radius 2 is 2.10 bits per heavy atom. The molecule has 0 radical (unpaired) electrons. The van der Waals surface area contributed by atoms with Gasteiger partial charge in [0.05, 0.1) is 11.8 Å². The van der Waals surface area contributed by atoms with E-state index in [0.29, 0.717) is 17.0 Å². The molecule has 0 saturated heterocycles. The predicted molar refractivity (Wildman–Crippen MR) is 74.5 cm³/mol. The third-order valence-corrected chi connectivity index (χ3v) is 2.67. The Labute approximate surface area is 115 Å². The second-order valence-electron chi connectivity index (χ2n) is 4.17. The molecule has 0 spiro atoms. The van der Waals surface area contributed by atoms with Gasteiger partial charge in [-0.15, -0.1) is 0 Å². The number of aryl methyl sites for hydroxylation is 1. The van der Waals surface area contributed by atoms with Crippen molar-refractivity contribution in [3.05, 3.63) is 59.6 Å². The Hall–Kier alpha value is -2.82. The van der Waals surface area contributed by atoms with Crippen LogP contribution >= 0.6 is 0 Å². The number of nitrogens with one attached hydrogen (secondary N) is 1. The SMILES string of the molecule is Cc1cc(C(=O)O)ccc1NC(=O)/C=C/c1ccco1. The predicted octanol–water partition coefficient (Wildman–Crippen LogP) is 2.94. The van der Waals surface area contributed by atoms with Crippen LogP contribution in [0.4, 0.5) is 5.69 Å². The topological polar surface area (TPSA) is 79.5 Å². The van der Waals surface area contributed by atoms with Crippen LogP contribution in [0.25, 0.3) is 6.08 Å². The number of hydrogen-bond acceptors (Lipinski definition) is 3. The largest absolute Gasteiger partial charge is 0.478 e. The Morgan fingerprint density at radius 1 is 1.30 bits per heavy atom. The molecule has 0 unspecified atom stereocenters. The highest BCUT2D eigenvalue weighted by atomic mass is 16.4. The van der Waals surface area contributed by atoms with Crippen LogP contribution in [0, 0.1) is 6.92 Å². The van der Waals surface area contributed by atoms with Gasteiger partial charge in [0, 0.05) is 11.8 Å². The molecular formula is C15H13NO4. The molecule has 0 saturated carbocycles. The van der Waals surface area contributed by atoms with Crippen molar-refractivity contribution in [2.24, 2.45) is 0 Å². The van der Waals surface area contributed by atoms with E-state index >= 15 is 0 Å². The Bertz CT molecular complexity index is 657. The van der Waals surface area contributed by atoms with E-state index < -0.39 is 5.97 Å². The second kappa shape index (κ2) is 5.88. The summed E-state index contributed by atoms with van der Waals surface area (Å²) in [5.41, 5.74) is 1.44. The summed E-state index contributed by atoms with van der Waals surface area (Å²) in [6.45, 7) is 1.73. The van der Waals surface area contributed by atoms with Crippen LogP contribution in [0.5, 0.6) is 0 Å². The maximum absolute atomic E-state index is 11.7. The first-order valence-electron chi connectivity index (χ1n) is 5.93. The Morgan fingerprint density at radius 3 is 2.70 bits per heavy atom. The molecule has 0 aliphatic rings. The molecule has 0 bridgehead atoms. The van der Waals surface area contributed by atoms with Crippen molar-refractivity contribution in [1.29, 1.82) is 0 Å². The number of rotatable bonds is 4. The highest BCUT2D eigenvalue weighted by Crippen LogP contribution is 2.16. The van der Waals surface area contributed by atoms with Gasteiger partial charge >= 0.3 is 5.97 Å². The molecule has 0 atom stereocenters. The molecule has 5 nitrogen and oxygen atoms in total. The molecule has 2 aromatic rings. The van der Waals surface area contributed by atoms with Gasteiger partial charge in [-0.2, -0.15) is 0 Å². The van der Waals surface area contributed by atoms with Crippen molar-refractivity contribution >= 4 is 23.6 Å². The zero-order valence-corrected chi connectivity index (χ0v) is 10.8.